The Morgan fingerprint density at radius 1 is 1.43 bits per heavy atom. The quantitative estimate of drug-likeness (QED) is 0.830. The lowest BCUT2D eigenvalue weighted by molar-refractivity contribution is 0.0856. The number of rotatable bonds is 6. The van der Waals surface area contributed by atoms with Crippen molar-refractivity contribution in [1.82, 2.24) is 5.32 Å². The lowest BCUT2D eigenvalue weighted by atomic mass is 9.81. The van der Waals surface area contributed by atoms with E-state index >= 15 is 0 Å². The largest absolute Gasteiger partial charge is 0.375 e. The highest BCUT2D eigenvalue weighted by atomic mass is 79.9. The Morgan fingerprint density at radius 2 is 2.29 bits per heavy atom. The first-order chi connectivity index (χ1) is 10.2. The average molecular weight is 356 g/mol. The summed E-state index contributed by atoms with van der Waals surface area (Å²) in [7, 11) is 0. The van der Waals surface area contributed by atoms with Crippen LogP contribution in [0.3, 0.4) is 0 Å². The Hall–Kier alpha value is -0.450. The molecule has 2 aliphatic heterocycles. The van der Waals surface area contributed by atoms with E-state index in [0.29, 0.717) is 24.2 Å². The maximum absolute atomic E-state index is 14.0. The number of hydrogen-bond donors (Lipinski definition) is 1. The molecule has 1 aromatic rings. The Bertz CT molecular complexity index is 496. The van der Waals surface area contributed by atoms with Crippen LogP contribution in [0, 0.1) is 11.7 Å². The monoisotopic (exact) mass is 355 g/mol. The number of fused-ring (bicyclic) bond motifs is 2. The molecular weight excluding hydrogens is 333 g/mol. The molecule has 4 unspecified atom stereocenters. The molecule has 0 aromatic heterocycles. The second-order valence-corrected chi connectivity index (χ2v) is 7.19. The van der Waals surface area contributed by atoms with Crippen LogP contribution in [-0.4, -0.2) is 24.8 Å². The summed E-state index contributed by atoms with van der Waals surface area (Å²) in [5.74, 6) is 0.416. The first-order valence-corrected chi connectivity index (χ1v) is 8.79. The van der Waals surface area contributed by atoms with E-state index in [-0.39, 0.29) is 5.82 Å². The first kappa shape index (κ1) is 15.4. The van der Waals surface area contributed by atoms with Gasteiger partial charge in [0.1, 0.15) is 5.82 Å². The molecule has 2 nitrogen and oxygen atoms in total. The van der Waals surface area contributed by atoms with Crippen molar-refractivity contribution in [1.29, 1.82) is 0 Å². The lowest BCUT2D eigenvalue weighted by Crippen LogP contribution is -2.42. The van der Waals surface area contributed by atoms with Crippen LogP contribution in [-0.2, 0) is 11.2 Å². The van der Waals surface area contributed by atoms with Crippen LogP contribution in [0.2, 0.25) is 0 Å². The SMILES string of the molecule is CCCNC(Cc1cc(Br)ccc1F)C1CC2CCC1O2. The molecule has 0 radical (unpaired) electrons. The van der Waals surface area contributed by atoms with Gasteiger partial charge >= 0.3 is 0 Å². The highest BCUT2D eigenvalue weighted by Crippen LogP contribution is 2.41. The van der Waals surface area contributed by atoms with Gasteiger partial charge in [-0.05, 0) is 62.4 Å². The summed E-state index contributed by atoms with van der Waals surface area (Å²) < 4.78 is 21.0. The van der Waals surface area contributed by atoms with Gasteiger partial charge in [-0.2, -0.15) is 0 Å². The fraction of sp³-hybridized carbons (Fsp3) is 0.647. The van der Waals surface area contributed by atoms with Crippen molar-refractivity contribution in [2.45, 2.75) is 57.3 Å². The van der Waals surface area contributed by atoms with Crippen molar-refractivity contribution in [3.05, 3.63) is 34.1 Å². The van der Waals surface area contributed by atoms with Crippen molar-refractivity contribution >= 4 is 15.9 Å². The van der Waals surface area contributed by atoms with E-state index in [4.69, 9.17) is 4.74 Å². The molecule has 1 N–H and O–H groups in total. The molecule has 4 heteroatoms. The zero-order chi connectivity index (χ0) is 14.8. The van der Waals surface area contributed by atoms with Crippen LogP contribution in [0.4, 0.5) is 4.39 Å². The van der Waals surface area contributed by atoms with Gasteiger partial charge < -0.3 is 10.1 Å². The average Bonchev–Trinajstić information content (AvgIpc) is 3.09. The summed E-state index contributed by atoms with van der Waals surface area (Å²) in [6.45, 7) is 3.15. The second-order valence-electron chi connectivity index (χ2n) is 6.27. The van der Waals surface area contributed by atoms with E-state index in [1.54, 1.807) is 12.1 Å². The molecule has 21 heavy (non-hydrogen) atoms. The number of halogens is 2. The third-order valence-electron chi connectivity index (χ3n) is 4.77. The molecule has 3 rings (SSSR count). The Balaban J connectivity index is 1.74. The summed E-state index contributed by atoms with van der Waals surface area (Å²) in [6, 6.07) is 5.52. The molecule has 2 aliphatic rings. The molecule has 0 saturated carbocycles. The van der Waals surface area contributed by atoms with Gasteiger partial charge in [0.05, 0.1) is 12.2 Å². The molecule has 2 heterocycles. The fourth-order valence-electron chi connectivity index (χ4n) is 3.74. The predicted molar refractivity (Wildman–Crippen MR) is 85.9 cm³/mol. The molecule has 1 aromatic carbocycles. The van der Waals surface area contributed by atoms with Gasteiger partial charge in [-0.1, -0.05) is 22.9 Å². The lowest BCUT2D eigenvalue weighted by Gasteiger charge is -2.29. The summed E-state index contributed by atoms with van der Waals surface area (Å²) in [5, 5.41) is 3.63. The van der Waals surface area contributed by atoms with Crippen LogP contribution in [0.5, 0.6) is 0 Å². The van der Waals surface area contributed by atoms with E-state index in [1.807, 2.05) is 6.07 Å². The molecule has 2 saturated heterocycles. The van der Waals surface area contributed by atoms with Gasteiger partial charge in [-0.3, -0.25) is 0 Å². The van der Waals surface area contributed by atoms with Gasteiger partial charge in [-0.15, -0.1) is 0 Å². The van der Waals surface area contributed by atoms with Crippen molar-refractivity contribution in [3.8, 4) is 0 Å². The maximum atomic E-state index is 14.0. The van der Waals surface area contributed by atoms with E-state index < -0.39 is 0 Å². The Kier molecular flexibility index (Phi) is 4.97. The molecule has 0 amide bonds. The topological polar surface area (TPSA) is 21.3 Å². The molecule has 116 valence electrons. The fourth-order valence-corrected chi connectivity index (χ4v) is 4.15. The van der Waals surface area contributed by atoms with Gasteiger partial charge in [-0.25, -0.2) is 4.39 Å². The van der Waals surface area contributed by atoms with Crippen LogP contribution >= 0.6 is 15.9 Å². The predicted octanol–water partition coefficient (Wildman–Crippen LogP) is 4.07. The first-order valence-electron chi connectivity index (χ1n) is 8.00. The van der Waals surface area contributed by atoms with Crippen molar-refractivity contribution < 1.29 is 9.13 Å². The number of benzene rings is 1. The van der Waals surface area contributed by atoms with Gasteiger partial charge in [0.25, 0.3) is 0 Å². The van der Waals surface area contributed by atoms with E-state index in [9.17, 15) is 4.39 Å². The third kappa shape index (κ3) is 3.49. The number of ether oxygens (including phenoxy) is 1. The Morgan fingerprint density at radius 3 is 2.95 bits per heavy atom. The number of nitrogens with one attached hydrogen (secondary N) is 1. The zero-order valence-electron chi connectivity index (χ0n) is 12.4. The van der Waals surface area contributed by atoms with Crippen LogP contribution in [0.15, 0.2) is 22.7 Å². The highest BCUT2D eigenvalue weighted by molar-refractivity contribution is 9.10. The zero-order valence-corrected chi connectivity index (χ0v) is 14.0. The standard InChI is InChI=1S/C17H23BrFNO/c1-2-7-20-16(14-10-13-4-6-17(14)21-13)9-11-8-12(18)3-5-15(11)19/h3,5,8,13-14,16-17,20H,2,4,6-7,9-10H2,1H3. The highest BCUT2D eigenvalue weighted by Gasteiger charge is 2.44. The summed E-state index contributed by atoms with van der Waals surface area (Å²) in [5.41, 5.74) is 0.792. The van der Waals surface area contributed by atoms with Crippen LogP contribution < -0.4 is 5.32 Å². The van der Waals surface area contributed by atoms with E-state index in [0.717, 1.165) is 35.8 Å². The van der Waals surface area contributed by atoms with Gasteiger partial charge in [0.15, 0.2) is 0 Å². The maximum Gasteiger partial charge on any atom is 0.126 e. The van der Waals surface area contributed by atoms with Crippen LogP contribution in [0.1, 0.15) is 38.2 Å². The summed E-state index contributed by atoms with van der Waals surface area (Å²) in [4.78, 5) is 0. The van der Waals surface area contributed by atoms with E-state index in [1.165, 1.54) is 12.8 Å². The molecule has 4 atom stereocenters. The second kappa shape index (κ2) is 6.76. The summed E-state index contributed by atoms with van der Waals surface area (Å²) in [6.07, 6.45) is 6.15. The third-order valence-corrected chi connectivity index (χ3v) is 5.27. The molecular formula is C17H23BrFNO. The van der Waals surface area contributed by atoms with Crippen LogP contribution in [0.25, 0.3) is 0 Å². The van der Waals surface area contributed by atoms with E-state index in [2.05, 4.69) is 28.2 Å². The molecule has 0 aliphatic carbocycles. The number of hydrogen-bond acceptors (Lipinski definition) is 2. The van der Waals surface area contributed by atoms with Crippen molar-refractivity contribution in [2.75, 3.05) is 6.54 Å². The molecule has 2 fully saturated rings. The minimum atomic E-state index is -0.106. The normalized spacial score (nSPS) is 29.0. The minimum absolute atomic E-state index is 0.106. The smallest absolute Gasteiger partial charge is 0.126 e. The van der Waals surface area contributed by atoms with Crippen molar-refractivity contribution in [2.24, 2.45) is 5.92 Å². The molecule has 2 bridgehead atoms. The van der Waals surface area contributed by atoms with Gasteiger partial charge in [0.2, 0.25) is 0 Å². The minimum Gasteiger partial charge on any atom is -0.375 e. The van der Waals surface area contributed by atoms with Crippen molar-refractivity contribution in [3.63, 3.8) is 0 Å². The van der Waals surface area contributed by atoms with Gasteiger partial charge in [0, 0.05) is 16.4 Å². The Labute approximate surface area is 134 Å². The summed E-state index contributed by atoms with van der Waals surface area (Å²) >= 11 is 3.44. The molecule has 0 spiro atoms.